The van der Waals surface area contributed by atoms with E-state index in [1.165, 1.54) is 24.5 Å². The summed E-state index contributed by atoms with van der Waals surface area (Å²) < 4.78 is 27.3. The normalized spacial score (nSPS) is 14.2. The van der Waals surface area contributed by atoms with Gasteiger partial charge in [-0.3, -0.25) is 0 Å². The molecule has 32 heavy (non-hydrogen) atoms. The van der Waals surface area contributed by atoms with Crippen molar-refractivity contribution >= 4 is 56.3 Å². The van der Waals surface area contributed by atoms with Crippen molar-refractivity contribution in [2.24, 2.45) is 0 Å². The van der Waals surface area contributed by atoms with Gasteiger partial charge in [0.1, 0.15) is 0 Å². The summed E-state index contributed by atoms with van der Waals surface area (Å²) >= 11 is 11.7. The van der Waals surface area contributed by atoms with Gasteiger partial charge in [0.05, 0.1) is 4.90 Å². The molecule has 2 aromatic carbocycles. The maximum Gasteiger partial charge on any atom is 0.264 e. The molecule has 0 bridgehead atoms. The molecule has 1 fully saturated rings. The van der Waals surface area contributed by atoms with E-state index in [2.05, 4.69) is 29.8 Å². The fraction of sp³-hybridized carbons (Fsp3) is 0.190. The zero-order valence-corrected chi connectivity index (χ0v) is 19.4. The van der Waals surface area contributed by atoms with Gasteiger partial charge in [0.15, 0.2) is 5.11 Å². The molecule has 0 saturated carbocycles. The fourth-order valence-corrected chi connectivity index (χ4v) is 4.73. The smallest absolute Gasteiger partial charge is 0.264 e. The Morgan fingerprint density at radius 1 is 0.969 bits per heavy atom. The summed E-state index contributed by atoms with van der Waals surface area (Å²) in [5.41, 5.74) is 1.81. The number of rotatable bonds is 5. The van der Waals surface area contributed by atoms with Gasteiger partial charge in [-0.05, 0) is 60.7 Å². The Hall–Kier alpha value is -2.95. The van der Waals surface area contributed by atoms with Crippen LogP contribution in [0.15, 0.2) is 71.9 Å². The first-order valence-corrected chi connectivity index (χ1v) is 12.1. The summed E-state index contributed by atoms with van der Waals surface area (Å²) in [7, 11) is -3.78. The van der Waals surface area contributed by atoms with Crippen LogP contribution in [0.25, 0.3) is 0 Å². The van der Waals surface area contributed by atoms with Gasteiger partial charge in [0.2, 0.25) is 5.95 Å². The lowest BCUT2D eigenvalue weighted by Gasteiger charge is -2.37. The lowest BCUT2D eigenvalue weighted by atomic mass is 10.2. The Balaban J connectivity index is 1.33. The number of hydrogen-bond donors (Lipinski definition) is 2. The number of nitrogens with one attached hydrogen (secondary N) is 2. The van der Waals surface area contributed by atoms with Crippen molar-refractivity contribution in [1.29, 1.82) is 0 Å². The van der Waals surface area contributed by atoms with Crippen molar-refractivity contribution in [3.8, 4) is 0 Å². The van der Waals surface area contributed by atoms with Gasteiger partial charge in [-0.15, -0.1) is 0 Å². The van der Waals surface area contributed by atoms with Crippen molar-refractivity contribution in [3.05, 3.63) is 72.0 Å². The zero-order valence-electron chi connectivity index (χ0n) is 17.0. The first-order valence-electron chi connectivity index (χ1n) is 9.87. The molecule has 166 valence electrons. The maximum atomic E-state index is 12.5. The molecule has 0 aliphatic carbocycles. The molecule has 1 saturated heterocycles. The Morgan fingerprint density at radius 2 is 1.66 bits per heavy atom. The summed E-state index contributed by atoms with van der Waals surface area (Å²) in [5.74, 6) is 0.0211. The summed E-state index contributed by atoms with van der Waals surface area (Å²) in [6.45, 7) is 3.19. The molecule has 2 N–H and O–H groups in total. The number of benzene rings is 2. The predicted octanol–water partition coefficient (Wildman–Crippen LogP) is 3.45. The number of nitrogens with zero attached hydrogens (tertiary/aromatic N) is 4. The van der Waals surface area contributed by atoms with Crippen LogP contribution in [0.1, 0.15) is 0 Å². The second kappa shape index (κ2) is 9.68. The van der Waals surface area contributed by atoms with Crippen molar-refractivity contribution < 1.29 is 8.42 Å². The van der Waals surface area contributed by atoms with E-state index in [1.54, 1.807) is 18.2 Å². The number of anilines is 3. The average molecular weight is 489 g/mol. The molecule has 3 aromatic rings. The van der Waals surface area contributed by atoms with Crippen molar-refractivity contribution in [3.63, 3.8) is 0 Å². The van der Waals surface area contributed by atoms with E-state index in [9.17, 15) is 8.42 Å². The van der Waals surface area contributed by atoms with Crippen LogP contribution in [0.2, 0.25) is 5.02 Å². The molecule has 0 radical (unpaired) electrons. The molecule has 2 heterocycles. The van der Waals surface area contributed by atoms with Crippen LogP contribution >= 0.6 is 23.8 Å². The average Bonchev–Trinajstić information content (AvgIpc) is 2.80. The van der Waals surface area contributed by atoms with Crippen molar-refractivity contribution in [2.75, 3.05) is 41.1 Å². The molecule has 0 unspecified atom stereocenters. The molecule has 1 aromatic heterocycles. The quantitative estimate of drug-likeness (QED) is 0.528. The van der Waals surface area contributed by atoms with E-state index in [-0.39, 0.29) is 10.8 Å². The fourth-order valence-electron chi connectivity index (χ4n) is 3.29. The molecule has 0 spiro atoms. The zero-order chi connectivity index (χ0) is 22.6. The van der Waals surface area contributed by atoms with Gasteiger partial charge in [0, 0.05) is 55.0 Å². The molecule has 11 heteroatoms. The molecule has 0 atom stereocenters. The number of piperazine rings is 1. The number of sulfonamides is 1. The van der Waals surface area contributed by atoms with Crippen molar-refractivity contribution in [1.82, 2.24) is 14.9 Å². The maximum absolute atomic E-state index is 12.5. The SMILES string of the molecule is O=S(=O)(Nc1ncccn1)c1ccc(NC(=S)N2CCN(c3cccc(Cl)c3)CC2)cc1. The predicted molar refractivity (Wildman–Crippen MR) is 131 cm³/mol. The Morgan fingerprint density at radius 3 is 2.31 bits per heavy atom. The van der Waals surface area contributed by atoms with Crippen LogP contribution in [-0.4, -0.2) is 54.6 Å². The summed E-state index contributed by atoms with van der Waals surface area (Å²) in [6.07, 6.45) is 2.93. The van der Waals surface area contributed by atoms with E-state index in [4.69, 9.17) is 23.8 Å². The highest BCUT2D eigenvalue weighted by Crippen LogP contribution is 2.21. The van der Waals surface area contributed by atoms with Crippen LogP contribution in [0.4, 0.5) is 17.3 Å². The summed E-state index contributed by atoms with van der Waals surface area (Å²) in [6, 6.07) is 15.8. The molecule has 4 rings (SSSR count). The minimum atomic E-state index is -3.78. The number of halogens is 1. The van der Waals surface area contributed by atoms with Gasteiger partial charge in [-0.25, -0.2) is 23.1 Å². The van der Waals surface area contributed by atoms with E-state index < -0.39 is 10.0 Å². The van der Waals surface area contributed by atoms with Gasteiger partial charge >= 0.3 is 0 Å². The Labute approximate surface area is 197 Å². The van der Waals surface area contributed by atoms with Gasteiger partial charge < -0.3 is 15.1 Å². The van der Waals surface area contributed by atoms with Crippen molar-refractivity contribution in [2.45, 2.75) is 4.90 Å². The van der Waals surface area contributed by atoms with E-state index >= 15 is 0 Å². The Bertz CT molecular complexity index is 1180. The highest BCUT2D eigenvalue weighted by molar-refractivity contribution is 7.92. The second-order valence-electron chi connectivity index (χ2n) is 7.09. The third-order valence-corrected chi connectivity index (χ3v) is 6.89. The number of aromatic nitrogens is 2. The van der Waals surface area contributed by atoms with Crippen LogP contribution < -0.4 is 14.9 Å². The molecule has 0 amide bonds. The first kappa shape index (κ1) is 22.3. The molecular weight excluding hydrogens is 468 g/mol. The molecule has 1 aliphatic heterocycles. The standard InChI is InChI=1S/C21H21ClN6O2S2/c22-16-3-1-4-18(15-16)27-11-13-28(14-12-27)21(31)25-17-5-7-19(8-6-17)32(29,30)26-20-23-9-2-10-24-20/h1-10,15H,11-14H2,(H,25,31)(H,23,24,26). The lowest BCUT2D eigenvalue weighted by Crippen LogP contribution is -2.50. The third-order valence-electron chi connectivity index (χ3n) is 4.95. The second-order valence-corrected chi connectivity index (χ2v) is 9.59. The molecule has 8 nitrogen and oxygen atoms in total. The van der Waals surface area contributed by atoms with E-state index in [1.807, 2.05) is 24.3 Å². The van der Waals surface area contributed by atoms with E-state index in [0.29, 0.717) is 10.8 Å². The van der Waals surface area contributed by atoms with Crippen LogP contribution in [-0.2, 0) is 10.0 Å². The number of thiocarbonyl (C=S) groups is 1. The molecule has 1 aliphatic rings. The Kier molecular flexibility index (Phi) is 6.73. The third kappa shape index (κ3) is 5.45. The van der Waals surface area contributed by atoms with E-state index in [0.717, 1.165) is 36.9 Å². The minimum Gasteiger partial charge on any atom is -0.368 e. The largest absolute Gasteiger partial charge is 0.368 e. The van der Waals surface area contributed by atoms with Gasteiger partial charge in [-0.1, -0.05) is 17.7 Å². The highest BCUT2D eigenvalue weighted by Gasteiger charge is 2.20. The number of hydrogen-bond acceptors (Lipinski definition) is 6. The van der Waals surface area contributed by atoms with Crippen LogP contribution in [0.3, 0.4) is 0 Å². The monoisotopic (exact) mass is 488 g/mol. The topological polar surface area (TPSA) is 90.5 Å². The van der Waals surface area contributed by atoms with Gasteiger partial charge in [-0.2, -0.15) is 0 Å². The molecular formula is C21H21ClN6O2S2. The minimum absolute atomic E-state index is 0.0211. The van der Waals surface area contributed by atoms with Gasteiger partial charge in [0.25, 0.3) is 10.0 Å². The van der Waals surface area contributed by atoms with Crippen LogP contribution in [0, 0.1) is 0 Å². The first-order chi connectivity index (χ1) is 15.4. The highest BCUT2D eigenvalue weighted by atomic mass is 35.5. The summed E-state index contributed by atoms with van der Waals surface area (Å²) in [4.78, 5) is 12.2. The van der Waals surface area contributed by atoms with Crippen LogP contribution in [0.5, 0.6) is 0 Å². The lowest BCUT2D eigenvalue weighted by molar-refractivity contribution is 0.391. The summed E-state index contributed by atoms with van der Waals surface area (Å²) in [5, 5.41) is 4.50.